The maximum atomic E-state index is 12.2. The molecule has 0 atom stereocenters. The lowest BCUT2D eigenvalue weighted by Crippen LogP contribution is -2.46. The summed E-state index contributed by atoms with van der Waals surface area (Å²) in [5.41, 5.74) is 2.99. The van der Waals surface area contributed by atoms with E-state index in [4.69, 9.17) is 0 Å². The number of nitrogens with zero attached hydrogens (tertiary/aromatic N) is 2. The number of anilines is 1. The second kappa shape index (κ2) is 8.69. The number of benzene rings is 2. The molecular formula is C21H22F3N3O2S. The van der Waals surface area contributed by atoms with Crippen molar-refractivity contribution in [2.24, 2.45) is 0 Å². The van der Waals surface area contributed by atoms with E-state index in [1.165, 1.54) is 23.5 Å². The molecule has 1 aromatic heterocycles. The second-order valence-corrected chi connectivity index (χ2v) is 8.30. The fraction of sp³-hybridized carbons (Fsp3) is 0.381. The SMILES string of the molecule is O=c1[nH]c2c(N3CCN(CCCc4ccc(OC(F)(F)F)cc4)CC3)cccc2s1. The summed E-state index contributed by atoms with van der Waals surface area (Å²) >= 11 is 1.23. The normalized spacial score (nSPS) is 15.6. The van der Waals surface area contributed by atoms with Crippen LogP contribution in [0, 0.1) is 0 Å². The lowest BCUT2D eigenvalue weighted by atomic mass is 10.1. The third kappa shape index (κ3) is 5.14. The number of aromatic nitrogens is 1. The third-order valence-corrected chi connectivity index (χ3v) is 6.09. The summed E-state index contributed by atoms with van der Waals surface area (Å²) in [7, 11) is 0. The molecule has 2 aromatic carbocycles. The summed E-state index contributed by atoms with van der Waals surface area (Å²) in [4.78, 5) is 19.3. The summed E-state index contributed by atoms with van der Waals surface area (Å²) in [6, 6.07) is 12.1. The number of para-hydroxylation sites is 1. The van der Waals surface area contributed by atoms with Crippen LogP contribution in [-0.4, -0.2) is 49.0 Å². The average Bonchev–Trinajstić information content (AvgIpc) is 3.09. The van der Waals surface area contributed by atoms with Crippen LogP contribution in [0.5, 0.6) is 5.75 Å². The number of halogens is 3. The zero-order valence-corrected chi connectivity index (χ0v) is 17.1. The molecule has 160 valence electrons. The van der Waals surface area contributed by atoms with Crippen molar-refractivity contribution in [1.29, 1.82) is 0 Å². The average molecular weight is 437 g/mol. The van der Waals surface area contributed by atoms with Crippen LogP contribution in [-0.2, 0) is 6.42 Å². The molecule has 9 heteroatoms. The van der Waals surface area contributed by atoms with Crippen molar-refractivity contribution < 1.29 is 17.9 Å². The minimum absolute atomic E-state index is 0.0333. The molecule has 0 saturated carbocycles. The predicted octanol–water partition coefficient (Wildman–Crippen LogP) is 4.24. The highest BCUT2D eigenvalue weighted by atomic mass is 32.1. The van der Waals surface area contributed by atoms with Crippen LogP contribution in [0.1, 0.15) is 12.0 Å². The first-order chi connectivity index (χ1) is 14.4. The molecule has 30 heavy (non-hydrogen) atoms. The molecule has 0 spiro atoms. The van der Waals surface area contributed by atoms with Gasteiger partial charge in [-0.05, 0) is 49.2 Å². The third-order valence-electron chi connectivity index (χ3n) is 5.24. The fourth-order valence-electron chi connectivity index (χ4n) is 3.80. The van der Waals surface area contributed by atoms with Gasteiger partial charge in [0.05, 0.1) is 15.9 Å². The smallest absolute Gasteiger partial charge is 0.406 e. The standard InChI is InChI=1S/C21H22F3N3O2S/c22-21(23,24)29-16-8-6-15(7-9-16)3-2-10-26-11-13-27(14-12-26)17-4-1-5-18-19(17)25-20(28)30-18/h1,4-9H,2-3,10-14H2,(H,25,28). The Kier molecular flexibility index (Phi) is 6.01. The van der Waals surface area contributed by atoms with Gasteiger partial charge in [0.25, 0.3) is 0 Å². The Morgan fingerprint density at radius 3 is 2.47 bits per heavy atom. The Bertz CT molecular complexity index is 1040. The van der Waals surface area contributed by atoms with E-state index in [0.717, 1.165) is 67.0 Å². The van der Waals surface area contributed by atoms with Gasteiger partial charge in [0.15, 0.2) is 0 Å². The van der Waals surface area contributed by atoms with Gasteiger partial charge in [0, 0.05) is 26.2 Å². The van der Waals surface area contributed by atoms with Crippen LogP contribution in [0.2, 0.25) is 0 Å². The molecule has 3 aromatic rings. The molecule has 1 aliphatic heterocycles. The van der Waals surface area contributed by atoms with Gasteiger partial charge in [-0.3, -0.25) is 9.69 Å². The van der Waals surface area contributed by atoms with Crippen molar-refractivity contribution in [2.75, 3.05) is 37.6 Å². The number of aromatic amines is 1. The van der Waals surface area contributed by atoms with Gasteiger partial charge in [-0.25, -0.2) is 0 Å². The van der Waals surface area contributed by atoms with Crippen molar-refractivity contribution in [3.8, 4) is 5.75 Å². The Balaban J connectivity index is 1.25. The summed E-state index contributed by atoms with van der Waals surface area (Å²) in [5.74, 6) is -0.190. The number of ether oxygens (including phenoxy) is 1. The molecule has 1 aliphatic rings. The number of thiazole rings is 1. The van der Waals surface area contributed by atoms with E-state index in [1.807, 2.05) is 18.2 Å². The van der Waals surface area contributed by atoms with Crippen LogP contribution >= 0.6 is 11.3 Å². The molecule has 0 amide bonds. The van der Waals surface area contributed by atoms with Gasteiger partial charge >= 0.3 is 11.2 Å². The van der Waals surface area contributed by atoms with E-state index in [2.05, 4.69) is 19.5 Å². The number of piperazine rings is 1. The summed E-state index contributed by atoms with van der Waals surface area (Å²) < 4.78 is 41.5. The fourth-order valence-corrected chi connectivity index (χ4v) is 4.56. The largest absolute Gasteiger partial charge is 0.573 e. The molecule has 5 nitrogen and oxygen atoms in total. The Labute approximate surface area is 175 Å². The number of alkyl halides is 3. The summed E-state index contributed by atoms with van der Waals surface area (Å²) in [6.45, 7) is 4.58. The Hall–Kier alpha value is -2.52. The lowest BCUT2D eigenvalue weighted by molar-refractivity contribution is -0.274. The quantitative estimate of drug-likeness (QED) is 0.627. The molecule has 1 saturated heterocycles. The zero-order chi connectivity index (χ0) is 21.1. The molecule has 2 heterocycles. The van der Waals surface area contributed by atoms with Crippen molar-refractivity contribution in [1.82, 2.24) is 9.88 Å². The van der Waals surface area contributed by atoms with Crippen molar-refractivity contribution >= 4 is 27.2 Å². The first kappa shape index (κ1) is 20.7. The van der Waals surface area contributed by atoms with E-state index in [-0.39, 0.29) is 10.6 Å². The van der Waals surface area contributed by atoms with E-state index < -0.39 is 6.36 Å². The highest BCUT2D eigenvalue weighted by molar-refractivity contribution is 7.16. The minimum atomic E-state index is -4.66. The number of hydrogen-bond acceptors (Lipinski definition) is 5. The predicted molar refractivity (Wildman–Crippen MR) is 113 cm³/mol. The maximum Gasteiger partial charge on any atom is 0.573 e. The monoisotopic (exact) mass is 437 g/mol. The van der Waals surface area contributed by atoms with Crippen LogP contribution < -0.4 is 14.5 Å². The first-order valence-corrected chi connectivity index (χ1v) is 10.6. The maximum absolute atomic E-state index is 12.2. The zero-order valence-electron chi connectivity index (χ0n) is 16.2. The molecule has 0 radical (unpaired) electrons. The number of nitrogens with one attached hydrogen (secondary N) is 1. The topological polar surface area (TPSA) is 48.6 Å². The number of H-pyrrole nitrogens is 1. The van der Waals surface area contributed by atoms with Crippen LogP contribution in [0.3, 0.4) is 0 Å². The van der Waals surface area contributed by atoms with E-state index in [0.29, 0.717) is 0 Å². The summed E-state index contributed by atoms with van der Waals surface area (Å²) in [5, 5.41) is 0. The molecule has 1 N–H and O–H groups in total. The summed E-state index contributed by atoms with van der Waals surface area (Å²) in [6.07, 6.45) is -2.91. The molecule has 0 aliphatic carbocycles. The van der Waals surface area contributed by atoms with E-state index in [9.17, 15) is 18.0 Å². The van der Waals surface area contributed by atoms with Crippen molar-refractivity contribution in [3.63, 3.8) is 0 Å². The molecule has 0 unspecified atom stereocenters. The molecule has 1 fully saturated rings. The van der Waals surface area contributed by atoms with Gasteiger partial charge in [0.1, 0.15) is 5.75 Å². The number of aryl methyl sites for hydroxylation is 1. The molecule has 0 bridgehead atoms. The van der Waals surface area contributed by atoms with E-state index >= 15 is 0 Å². The Morgan fingerprint density at radius 1 is 1.03 bits per heavy atom. The van der Waals surface area contributed by atoms with Crippen molar-refractivity contribution in [2.45, 2.75) is 19.2 Å². The highest BCUT2D eigenvalue weighted by Gasteiger charge is 2.30. The second-order valence-electron chi connectivity index (χ2n) is 7.29. The minimum Gasteiger partial charge on any atom is -0.406 e. The van der Waals surface area contributed by atoms with Crippen molar-refractivity contribution in [3.05, 3.63) is 57.7 Å². The van der Waals surface area contributed by atoms with Gasteiger partial charge in [-0.2, -0.15) is 0 Å². The Morgan fingerprint density at radius 2 is 1.77 bits per heavy atom. The van der Waals surface area contributed by atoms with Gasteiger partial charge in [0.2, 0.25) is 0 Å². The highest BCUT2D eigenvalue weighted by Crippen LogP contribution is 2.27. The van der Waals surface area contributed by atoms with Gasteiger partial charge in [-0.1, -0.05) is 29.5 Å². The first-order valence-electron chi connectivity index (χ1n) is 9.81. The molecule has 4 rings (SSSR count). The van der Waals surface area contributed by atoms with Crippen LogP contribution in [0.25, 0.3) is 10.2 Å². The molecular weight excluding hydrogens is 415 g/mol. The van der Waals surface area contributed by atoms with Crippen LogP contribution in [0.4, 0.5) is 18.9 Å². The van der Waals surface area contributed by atoms with Gasteiger partial charge < -0.3 is 14.6 Å². The van der Waals surface area contributed by atoms with Crippen LogP contribution in [0.15, 0.2) is 47.3 Å². The number of hydrogen-bond donors (Lipinski definition) is 1. The lowest BCUT2D eigenvalue weighted by Gasteiger charge is -2.36. The number of fused-ring (bicyclic) bond motifs is 1. The van der Waals surface area contributed by atoms with E-state index in [1.54, 1.807) is 12.1 Å². The van der Waals surface area contributed by atoms with Gasteiger partial charge in [-0.15, -0.1) is 13.2 Å². The number of rotatable bonds is 6.